The lowest BCUT2D eigenvalue weighted by atomic mass is 9.94. The molecule has 2 aromatic rings. The fourth-order valence-electron chi connectivity index (χ4n) is 2.16. The van der Waals surface area contributed by atoms with E-state index >= 15 is 0 Å². The predicted octanol–water partition coefficient (Wildman–Crippen LogP) is 4.11. The molecule has 0 aliphatic rings. The summed E-state index contributed by atoms with van der Waals surface area (Å²) in [6.45, 7) is 7.36. The average molecular weight is 328 g/mol. The van der Waals surface area contributed by atoms with E-state index < -0.39 is 17.4 Å². The zero-order valence-corrected chi connectivity index (χ0v) is 14.7. The molecule has 4 nitrogen and oxygen atoms in total. The molecule has 0 unspecified atom stereocenters. The van der Waals surface area contributed by atoms with Gasteiger partial charge in [0.15, 0.2) is 5.41 Å². The molecule has 0 aliphatic carbocycles. The van der Waals surface area contributed by atoms with Gasteiger partial charge in [-0.3, -0.25) is 9.59 Å². The van der Waals surface area contributed by atoms with Gasteiger partial charge in [0.25, 0.3) is 0 Å². The third-order valence-corrected chi connectivity index (χ3v) is 3.75. The summed E-state index contributed by atoms with van der Waals surface area (Å²) in [6, 6.07) is 13.9. The highest BCUT2D eigenvalue weighted by atomic mass is 16.6. The lowest BCUT2D eigenvalue weighted by Gasteiger charge is -2.21. The van der Waals surface area contributed by atoms with Gasteiger partial charge in [-0.05, 0) is 42.2 Å². The first kappa shape index (κ1) is 18.0. The topological polar surface area (TPSA) is 52.6 Å². The molecule has 0 bridgehead atoms. The second kappa shape index (κ2) is 7.47. The van der Waals surface area contributed by atoms with Crippen LogP contribution in [0.3, 0.4) is 0 Å². The van der Waals surface area contributed by atoms with Gasteiger partial charge >= 0.3 is 11.9 Å². The van der Waals surface area contributed by atoms with Crippen LogP contribution in [0, 0.1) is 11.3 Å². The quantitative estimate of drug-likeness (QED) is 0.591. The molecule has 4 heteroatoms. The number of ether oxygens (including phenoxy) is 2. The van der Waals surface area contributed by atoms with Gasteiger partial charge in [0.1, 0.15) is 6.61 Å². The fraction of sp³-hybridized carbons (Fsp3) is 0.400. The lowest BCUT2D eigenvalue weighted by molar-refractivity contribution is -0.171. The molecule has 0 heterocycles. The van der Waals surface area contributed by atoms with Crippen molar-refractivity contribution in [2.75, 3.05) is 6.61 Å². The maximum Gasteiger partial charge on any atom is 0.323 e. The van der Waals surface area contributed by atoms with Gasteiger partial charge in [-0.15, -0.1) is 0 Å². The van der Waals surface area contributed by atoms with Gasteiger partial charge in [0.2, 0.25) is 0 Å². The van der Waals surface area contributed by atoms with E-state index in [1.54, 1.807) is 0 Å². The van der Waals surface area contributed by atoms with E-state index in [2.05, 4.69) is 0 Å². The number of fused-ring (bicyclic) bond motifs is 1. The molecule has 0 spiro atoms. The molecular weight excluding hydrogens is 304 g/mol. The van der Waals surface area contributed by atoms with Crippen LogP contribution < -0.4 is 0 Å². The first-order chi connectivity index (χ1) is 11.3. The minimum Gasteiger partial charge on any atom is -0.465 e. The molecule has 24 heavy (non-hydrogen) atoms. The van der Waals surface area contributed by atoms with E-state index in [9.17, 15) is 9.59 Å². The Bertz CT molecular complexity index is 731. The summed E-state index contributed by atoms with van der Waals surface area (Å²) in [5, 5.41) is 2.21. The van der Waals surface area contributed by atoms with Crippen LogP contribution in [0.15, 0.2) is 42.5 Å². The molecule has 0 atom stereocenters. The monoisotopic (exact) mass is 328 g/mol. The maximum absolute atomic E-state index is 12.3. The Hall–Kier alpha value is -2.36. The van der Waals surface area contributed by atoms with E-state index in [1.807, 2.05) is 56.3 Å². The molecule has 0 saturated carbocycles. The summed E-state index contributed by atoms with van der Waals surface area (Å²) >= 11 is 0. The Kier molecular flexibility index (Phi) is 5.60. The molecule has 0 fully saturated rings. The van der Waals surface area contributed by atoms with Gasteiger partial charge in [0.05, 0.1) is 6.61 Å². The third-order valence-electron chi connectivity index (χ3n) is 3.75. The van der Waals surface area contributed by atoms with Crippen LogP contribution in [0.5, 0.6) is 0 Å². The summed E-state index contributed by atoms with van der Waals surface area (Å²) in [6.07, 6.45) is 0. The van der Waals surface area contributed by atoms with Gasteiger partial charge in [-0.25, -0.2) is 0 Å². The normalized spacial score (nSPS) is 11.5. The largest absolute Gasteiger partial charge is 0.465 e. The Morgan fingerprint density at radius 2 is 1.58 bits per heavy atom. The van der Waals surface area contributed by atoms with E-state index in [-0.39, 0.29) is 12.5 Å². The number of carbonyl (C=O) groups is 2. The highest BCUT2D eigenvalue weighted by molar-refractivity contribution is 5.99. The predicted molar refractivity (Wildman–Crippen MR) is 93.3 cm³/mol. The highest BCUT2D eigenvalue weighted by Gasteiger charge is 2.39. The van der Waals surface area contributed by atoms with Crippen molar-refractivity contribution < 1.29 is 19.1 Å². The second-order valence-electron chi connectivity index (χ2n) is 6.87. The summed E-state index contributed by atoms with van der Waals surface area (Å²) in [5.74, 6) is -0.914. The molecular formula is C20H24O4. The number of benzene rings is 2. The molecule has 0 radical (unpaired) electrons. The van der Waals surface area contributed by atoms with Crippen LogP contribution in [0.1, 0.15) is 33.3 Å². The second-order valence-corrected chi connectivity index (χ2v) is 6.87. The highest BCUT2D eigenvalue weighted by Crippen LogP contribution is 2.22. The number of hydrogen-bond donors (Lipinski definition) is 0. The SMILES string of the molecule is CC(C)COC(=O)C(C)(C)C(=O)OCc1ccc2ccccc2c1. The van der Waals surface area contributed by atoms with Crippen molar-refractivity contribution >= 4 is 22.7 Å². The van der Waals surface area contributed by atoms with Crippen molar-refractivity contribution in [1.82, 2.24) is 0 Å². The van der Waals surface area contributed by atoms with Crippen LogP contribution in [0.2, 0.25) is 0 Å². The van der Waals surface area contributed by atoms with E-state index in [4.69, 9.17) is 9.47 Å². The number of rotatable bonds is 6. The van der Waals surface area contributed by atoms with Gasteiger partial charge in [-0.1, -0.05) is 50.2 Å². The number of esters is 2. The third kappa shape index (κ3) is 4.34. The van der Waals surface area contributed by atoms with Crippen LogP contribution in [-0.2, 0) is 25.7 Å². The molecule has 0 aromatic heterocycles. The zero-order chi connectivity index (χ0) is 17.7. The molecule has 0 N–H and O–H groups in total. The van der Waals surface area contributed by atoms with E-state index in [0.29, 0.717) is 6.61 Å². The van der Waals surface area contributed by atoms with Crippen LogP contribution in [0.25, 0.3) is 10.8 Å². The minimum atomic E-state index is -1.31. The maximum atomic E-state index is 12.3. The minimum absolute atomic E-state index is 0.130. The van der Waals surface area contributed by atoms with Crippen LogP contribution >= 0.6 is 0 Å². The van der Waals surface area contributed by atoms with Crippen molar-refractivity contribution in [3.8, 4) is 0 Å². The number of hydrogen-bond acceptors (Lipinski definition) is 4. The summed E-state index contributed by atoms with van der Waals surface area (Å²) in [5.41, 5.74) is -0.431. The number of carbonyl (C=O) groups excluding carboxylic acids is 2. The Balaban J connectivity index is 1.98. The summed E-state index contributed by atoms with van der Waals surface area (Å²) in [7, 11) is 0. The zero-order valence-electron chi connectivity index (χ0n) is 14.7. The van der Waals surface area contributed by atoms with Gasteiger partial charge < -0.3 is 9.47 Å². The van der Waals surface area contributed by atoms with Crippen molar-refractivity contribution in [3.05, 3.63) is 48.0 Å². The van der Waals surface area contributed by atoms with Crippen molar-refractivity contribution in [3.63, 3.8) is 0 Å². The molecule has 2 rings (SSSR count). The average Bonchev–Trinajstić information content (AvgIpc) is 2.57. The van der Waals surface area contributed by atoms with Crippen molar-refractivity contribution in [1.29, 1.82) is 0 Å². The molecule has 0 saturated heterocycles. The Morgan fingerprint density at radius 3 is 2.25 bits per heavy atom. The first-order valence-electron chi connectivity index (χ1n) is 8.13. The Morgan fingerprint density at radius 1 is 0.958 bits per heavy atom. The van der Waals surface area contributed by atoms with Crippen molar-refractivity contribution in [2.24, 2.45) is 11.3 Å². The smallest absolute Gasteiger partial charge is 0.323 e. The van der Waals surface area contributed by atoms with E-state index in [1.165, 1.54) is 13.8 Å². The van der Waals surface area contributed by atoms with Gasteiger partial charge in [0, 0.05) is 0 Å². The first-order valence-corrected chi connectivity index (χ1v) is 8.13. The van der Waals surface area contributed by atoms with Crippen LogP contribution in [0.4, 0.5) is 0 Å². The molecule has 2 aromatic carbocycles. The van der Waals surface area contributed by atoms with Crippen LogP contribution in [-0.4, -0.2) is 18.5 Å². The molecule has 128 valence electrons. The summed E-state index contributed by atoms with van der Waals surface area (Å²) in [4.78, 5) is 24.3. The molecule has 0 aliphatic heterocycles. The fourth-order valence-corrected chi connectivity index (χ4v) is 2.16. The summed E-state index contributed by atoms with van der Waals surface area (Å²) < 4.78 is 10.5. The Labute approximate surface area is 142 Å². The van der Waals surface area contributed by atoms with Gasteiger partial charge in [-0.2, -0.15) is 0 Å². The van der Waals surface area contributed by atoms with Crippen molar-refractivity contribution in [2.45, 2.75) is 34.3 Å². The standard InChI is InChI=1S/C20H24O4/c1-14(2)12-23-18(21)20(3,4)19(22)24-13-15-9-10-16-7-5-6-8-17(16)11-15/h5-11,14H,12-13H2,1-4H3. The van der Waals surface area contributed by atoms with E-state index in [0.717, 1.165) is 16.3 Å². The lowest BCUT2D eigenvalue weighted by Crippen LogP contribution is -2.37. The molecule has 0 amide bonds.